The minimum absolute atomic E-state index is 0.0409. The third-order valence-corrected chi connectivity index (χ3v) is 9.11. The van der Waals surface area contributed by atoms with Crippen LogP contribution in [-0.4, -0.2) is 99.0 Å². The van der Waals surface area contributed by atoms with Crippen molar-refractivity contribution < 1.29 is 42.9 Å². The Morgan fingerprint density at radius 2 is 1.45 bits per heavy atom. The number of hydrogen-bond acceptors (Lipinski definition) is 9. The molecular weight excluding hydrogens is 743 g/mol. The van der Waals surface area contributed by atoms with E-state index >= 15 is 0 Å². The van der Waals surface area contributed by atoms with E-state index in [1.165, 1.54) is 32.1 Å². The zero-order chi connectivity index (χ0) is 42.8. The van der Waals surface area contributed by atoms with Gasteiger partial charge in [-0.1, -0.05) is 74.4 Å². The number of likely N-dealkylation sites (N-methyl/N-ethyl adjacent to an activating group) is 2. The number of amides is 5. The molecule has 0 bridgehead atoms. The van der Waals surface area contributed by atoms with Crippen LogP contribution in [0.2, 0.25) is 0 Å². The lowest BCUT2D eigenvalue weighted by Crippen LogP contribution is -2.40. The summed E-state index contributed by atoms with van der Waals surface area (Å²) in [5, 5.41) is 7.83. The van der Waals surface area contributed by atoms with Gasteiger partial charge in [0.25, 0.3) is 0 Å². The van der Waals surface area contributed by atoms with Gasteiger partial charge in [-0.2, -0.15) is 0 Å². The Bertz CT molecular complexity index is 1860. The summed E-state index contributed by atoms with van der Waals surface area (Å²) < 4.78 is 21.6. The lowest BCUT2D eigenvalue weighted by molar-refractivity contribution is -0.118. The van der Waals surface area contributed by atoms with Crippen LogP contribution in [0.3, 0.4) is 0 Å². The molecule has 0 fully saturated rings. The zero-order valence-electron chi connectivity index (χ0n) is 34.8. The first-order valence-electron chi connectivity index (χ1n) is 19.1. The molecule has 1 atom stereocenters. The number of rotatable bonds is 16. The second kappa shape index (κ2) is 22.6. The van der Waals surface area contributed by atoms with E-state index < -0.39 is 23.7 Å². The van der Waals surface area contributed by atoms with Crippen molar-refractivity contribution in [3.8, 4) is 23.5 Å². The Morgan fingerprint density at radius 1 is 0.845 bits per heavy atom. The second-order valence-corrected chi connectivity index (χ2v) is 15.1. The lowest BCUT2D eigenvalue weighted by Gasteiger charge is -2.26. The van der Waals surface area contributed by atoms with Crippen molar-refractivity contribution in [2.75, 3.05) is 52.3 Å². The maximum atomic E-state index is 12.4. The quantitative estimate of drug-likeness (QED) is 0.0633. The van der Waals surface area contributed by atoms with Gasteiger partial charge in [0, 0.05) is 44.8 Å². The van der Waals surface area contributed by atoms with Crippen LogP contribution >= 0.6 is 0 Å². The van der Waals surface area contributed by atoms with Crippen molar-refractivity contribution in [1.82, 2.24) is 20.4 Å². The number of nitrogens with zero attached hydrogens (tertiary/aromatic N) is 2. The highest BCUT2D eigenvalue weighted by molar-refractivity contribution is 5.93. The van der Waals surface area contributed by atoms with E-state index in [2.05, 4.69) is 72.1 Å². The third-order valence-electron chi connectivity index (χ3n) is 9.11. The van der Waals surface area contributed by atoms with Crippen LogP contribution in [0.1, 0.15) is 69.7 Å². The van der Waals surface area contributed by atoms with Crippen molar-refractivity contribution in [2.45, 2.75) is 72.3 Å². The number of terminal acetylenes is 1. The molecule has 58 heavy (non-hydrogen) atoms. The maximum absolute atomic E-state index is 12.4. The molecule has 0 aromatic heterocycles. The first-order valence-corrected chi connectivity index (χ1v) is 19.1. The number of benzene rings is 3. The van der Waals surface area contributed by atoms with Gasteiger partial charge in [-0.3, -0.25) is 9.59 Å². The lowest BCUT2D eigenvalue weighted by atomic mass is 9.98. The first kappa shape index (κ1) is 46.3. The monoisotopic (exact) mass is 799 g/mol. The van der Waals surface area contributed by atoms with E-state index in [9.17, 15) is 24.0 Å². The van der Waals surface area contributed by atoms with E-state index in [4.69, 9.17) is 25.4 Å². The molecule has 0 heterocycles. The molecule has 14 nitrogen and oxygen atoms in total. The number of hydrogen-bond donors (Lipinski definition) is 3. The summed E-state index contributed by atoms with van der Waals surface area (Å²) in [6.07, 6.45) is 4.27. The molecule has 1 aliphatic carbocycles. The van der Waals surface area contributed by atoms with Crippen LogP contribution in [-0.2, 0) is 41.8 Å². The van der Waals surface area contributed by atoms with Crippen LogP contribution in [0, 0.1) is 18.3 Å². The molecule has 0 radical (unpaired) electrons. The minimum Gasteiger partial charge on any atom is -0.449 e. The number of nitrogens with one attached hydrogen (secondary N) is 3. The van der Waals surface area contributed by atoms with E-state index in [1.54, 1.807) is 53.1 Å². The van der Waals surface area contributed by atoms with Crippen LogP contribution in [0.15, 0.2) is 66.7 Å². The molecule has 0 saturated heterocycles. The highest BCUT2D eigenvalue weighted by Crippen LogP contribution is 2.44. The van der Waals surface area contributed by atoms with Crippen LogP contribution in [0.25, 0.3) is 11.1 Å². The molecule has 1 unspecified atom stereocenters. The first-order chi connectivity index (χ1) is 27.5. The van der Waals surface area contributed by atoms with E-state index in [1.807, 2.05) is 19.1 Å². The summed E-state index contributed by atoms with van der Waals surface area (Å²) in [7, 11) is 3.15. The number of alkyl carbamates (subject to hydrolysis) is 1. The van der Waals surface area contributed by atoms with Gasteiger partial charge >= 0.3 is 18.3 Å². The summed E-state index contributed by atoms with van der Waals surface area (Å²) in [4.78, 5) is 61.4. The molecule has 312 valence electrons. The Kier molecular flexibility index (Phi) is 18.1. The van der Waals surface area contributed by atoms with E-state index in [-0.39, 0.29) is 57.5 Å². The van der Waals surface area contributed by atoms with Gasteiger partial charge in [0.05, 0.1) is 13.2 Å². The molecule has 4 rings (SSSR count). The maximum Gasteiger partial charge on any atom is 0.410 e. The molecule has 3 N–H and O–H groups in total. The number of ether oxygens (including phenoxy) is 4. The Hall–Kier alpha value is -6.07. The summed E-state index contributed by atoms with van der Waals surface area (Å²) >= 11 is 0. The smallest absolute Gasteiger partial charge is 0.410 e. The summed E-state index contributed by atoms with van der Waals surface area (Å²) in [6.45, 7) is 12.4. The average molecular weight is 800 g/mol. The summed E-state index contributed by atoms with van der Waals surface area (Å²) in [5.74, 6) is 2.47. The van der Waals surface area contributed by atoms with Gasteiger partial charge in [0.2, 0.25) is 12.3 Å². The molecule has 14 heteroatoms. The Morgan fingerprint density at radius 3 is 2.02 bits per heavy atom. The summed E-state index contributed by atoms with van der Waals surface area (Å²) in [6, 6.07) is 21.8. The van der Waals surface area contributed by atoms with Gasteiger partial charge in [-0.05, 0) is 79.1 Å². The molecule has 1 aliphatic rings. The van der Waals surface area contributed by atoms with Crippen LogP contribution < -0.4 is 16.0 Å². The fourth-order valence-corrected chi connectivity index (χ4v) is 5.60. The number of carbonyl (C=O) groups is 5. The zero-order valence-corrected chi connectivity index (χ0v) is 34.8. The molecule has 0 spiro atoms. The third kappa shape index (κ3) is 14.8. The SMILES string of the molecule is C#CCOCc1cc(NC(=O)CNC=O)ccc1COC(=O)N(C)CCN(C)C(=O)OC(C)(C)C.CC(C)C(C)NC(=O)OCC1c2ccccc2-c2ccccc21. The Labute approximate surface area is 341 Å². The fourth-order valence-electron chi connectivity index (χ4n) is 5.60. The van der Waals surface area contributed by atoms with Gasteiger partial charge in [-0.15, -0.1) is 6.42 Å². The fraction of sp³-hybridized carbons (Fsp3) is 0.432. The molecule has 3 aromatic rings. The standard InChI is InChI=1S/C24H34N4O7.C20H23NO2/c1-7-12-33-15-19-13-20(26-21(30)14-25-17-29)9-8-18(19)16-34-22(31)27(5)10-11-28(6)23(32)35-24(2,3)4;1-13(2)14(3)21-20(22)23-12-19-17-10-6-4-8-15(17)16-9-5-7-11-18(16)19/h1,8-9,13,17H,10-12,14-16H2,2-6H3,(H,25,29)(H,26,30);4-11,13-14,19H,12H2,1-3H3,(H,21,22). The summed E-state index contributed by atoms with van der Waals surface area (Å²) in [5.41, 5.74) is 6.17. The topological polar surface area (TPSA) is 165 Å². The van der Waals surface area contributed by atoms with Crippen molar-refractivity contribution in [3.05, 3.63) is 89.0 Å². The van der Waals surface area contributed by atoms with Crippen molar-refractivity contribution in [3.63, 3.8) is 0 Å². The average Bonchev–Trinajstić information content (AvgIpc) is 3.50. The van der Waals surface area contributed by atoms with Crippen molar-refractivity contribution >= 4 is 36.3 Å². The van der Waals surface area contributed by atoms with Gasteiger partial charge in [0.15, 0.2) is 0 Å². The van der Waals surface area contributed by atoms with Gasteiger partial charge < -0.3 is 44.7 Å². The number of carbonyl (C=O) groups excluding carboxylic acids is 5. The molecule has 0 saturated carbocycles. The molecule has 0 aliphatic heterocycles. The second-order valence-electron chi connectivity index (χ2n) is 15.1. The largest absolute Gasteiger partial charge is 0.449 e. The number of anilines is 1. The van der Waals surface area contributed by atoms with Gasteiger partial charge in [-0.25, -0.2) is 14.4 Å². The van der Waals surface area contributed by atoms with Crippen LogP contribution in [0.5, 0.6) is 0 Å². The predicted octanol–water partition coefficient (Wildman–Crippen LogP) is 6.53. The highest BCUT2D eigenvalue weighted by atomic mass is 16.6. The molecule has 5 amide bonds. The van der Waals surface area contributed by atoms with Gasteiger partial charge in [0.1, 0.15) is 25.4 Å². The molecule has 3 aromatic carbocycles. The van der Waals surface area contributed by atoms with E-state index in [0.29, 0.717) is 35.7 Å². The highest BCUT2D eigenvalue weighted by Gasteiger charge is 2.29. The Balaban J connectivity index is 0.000000335. The van der Waals surface area contributed by atoms with Crippen LogP contribution in [0.4, 0.5) is 20.1 Å². The minimum atomic E-state index is -0.609. The van der Waals surface area contributed by atoms with Crippen molar-refractivity contribution in [2.24, 2.45) is 5.92 Å². The normalized spacial score (nSPS) is 12.0. The number of fused-ring (bicyclic) bond motifs is 3. The predicted molar refractivity (Wildman–Crippen MR) is 222 cm³/mol. The van der Waals surface area contributed by atoms with Crippen molar-refractivity contribution in [1.29, 1.82) is 0 Å². The molecular formula is C44H57N5O9. The van der Waals surface area contributed by atoms with E-state index in [0.717, 1.165) is 0 Å².